The predicted octanol–water partition coefficient (Wildman–Crippen LogP) is 10.2. The highest BCUT2D eigenvalue weighted by molar-refractivity contribution is 6.99. The van der Waals surface area contributed by atoms with E-state index in [1.165, 1.54) is 102 Å². The summed E-state index contributed by atoms with van der Waals surface area (Å²) >= 11 is 0. The number of aryl methyl sites for hydroxylation is 2. The Kier molecular flexibility index (Phi) is 5.41. The Bertz CT molecular complexity index is 2550. The molecule has 3 aliphatic heterocycles. The Morgan fingerprint density at radius 2 is 1.12 bits per heavy atom. The average molecular weight is 668 g/mol. The van der Waals surface area contributed by atoms with E-state index in [9.17, 15) is 0 Å². The number of rotatable bonds is 1. The maximum Gasteiger partial charge on any atom is 0.261 e. The largest absolute Gasteiger partial charge is 0.458 e. The lowest BCUT2D eigenvalue weighted by atomic mass is 9.29. The number of hydrogen-bond donors (Lipinski definition) is 0. The Balaban J connectivity index is 1.30. The van der Waals surface area contributed by atoms with Crippen LogP contribution in [-0.4, -0.2) is 11.3 Å². The molecule has 0 bridgehead atoms. The maximum atomic E-state index is 7.59. The van der Waals surface area contributed by atoms with Crippen molar-refractivity contribution in [3.05, 3.63) is 106 Å². The van der Waals surface area contributed by atoms with Crippen molar-refractivity contribution in [1.29, 1.82) is 0 Å². The Morgan fingerprint density at radius 1 is 0.569 bits per heavy atom. The fraction of sp³-hybridized carbons (Fsp3) is 0.362. The SMILES string of the molecule is Cc1cccc2c3cccc(C)c3n(-c3cc4c5c(c3)C(C)(C)c3cccc6c3B5c3c(c5c7c(c3O4)C(C)(C)CCC7(C)CCC5(C)C)O6)c12. The van der Waals surface area contributed by atoms with Crippen LogP contribution in [0.2, 0.25) is 0 Å². The third-order valence-corrected chi connectivity index (χ3v) is 14.3. The van der Waals surface area contributed by atoms with E-state index >= 15 is 0 Å². The number of fused-ring (bicyclic) bond motifs is 5. The summed E-state index contributed by atoms with van der Waals surface area (Å²) in [7, 11) is 0. The van der Waals surface area contributed by atoms with Crippen molar-refractivity contribution in [2.24, 2.45) is 0 Å². The van der Waals surface area contributed by atoms with Crippen LogP contribution < -0.4 is 25.9 Å². The first-order valence-electron chi connectivity index (χ1n) is 19.2. The summed E-state index contributed by atoms with van der Waals surface area (Å²) in [5, 5.41) is 2.60. The van der Waals surface area contributed by atoms with Crippen LogP contribution in [0.25, 0.3) is 27.5 Å². The molecule has 0 N–H and O–H groups in total. The molecule has 4 heteroatoms. The van der Waals surface area contributed by atoms with E-state index in [0.29, 0.717) is 0 Å². The maximum absolute atomic E-state index is 7.59. The fourth-order valence-electron chi connectivity index (χ4n) is 11.5. The molecule has 0 saturated heterocycles. The van der Waals surface area contributed by atoms with Crippen molar-refractivity contribution in [2.75, 3.05) is 0 Å². The molecule has 1 aromatic heterocycles. The second-order valence-electron chi connectivity index (χ2n) is 18.7. The first-order valence-corrected chi connectivity index (χ1v) is 19.2. The molecule has 2 aliphatic carbocycles. The smallest absolute Gasteiger partial charge is 0.261 e. The van der Waals surface area contributed by atoms with Crippen LogP contribution in [0.4, 0.5) is 0 Å². The van der Waals surface area contributed by atoms with Crippen molar-refractivity contribution in [3.8, 4) is 28.7 Å². The van der Waals surface area contributed by atoms with Gasteiger partial charge in [0, 0.05) is 38.8 Å². The number of benzene rings is 5. The van der Waals surface area contributed by atoms with E-state index in [1.807, 2.05) is 0 Å². The van der Waals surface area contributed by atoms with Gasteiger partial charge in [-0.05, 0) is 107 Å². The second kappa shape index (κ2) is 9.13. The molecule has 51 heavy (non-hydrogen) atoms. The molecule has 1 unspecified atom stereocenters. The normalized spacial score (nSPS) is 21.9. The van der Waals surface area contributed by atoms with Crippen LogP contribution in [0.3, 0.4) is 0 Å². The van der Waals surface area contributed by atoms with Crippen LogP contribution in [0.5, 0.6) is 23.0 Å². The fourth-order valence-corrected chi connectivity index (χ4v) is 11.5. The van der Waals surface area contributed by atoms with E-state index in [4.69, 9.17) is 9.47 Å². The average Bonchev–Trinajstić information content (AvgIpc) is 3.44. The van der Waals surface area contributed by atoms with Gasteiger partial charge in [-0.2, -0.15) is 0 Å². The first kappa shape index (κ1) is 30.2. The number of aromatic nitrogens is 1. The summed E-state index contributed by atoms with van der Waals surface area (Å²) in [6, 6.07) is 25.2. The molecule has 1 atom stereocenters. The summed E-state index contributed by atoms with van der Waals surface area (Å²) in [5.74, 6) is 4.19. The van der Waals surface area contributed by atoms with E-state index < -0.39 is 0 Å². The van der Waals surface area contributed by atoms with Gasteiger partial charge in [0.05, 0.1) is 16.7 Å². The molecule has 0 amide bonds. The van der Waals surface area contributed by atoms with Crippen LogP contribution in [0.15, 0.2) is 66.7 Å². The van der Waals surface area contributed by atoms with Gasteiger partial charge >= 0.3 is 0 Å². The highest BCUT2D eigenvalue weighted by Crippen LogP contribution is 2.62. The molecule has 5 aromatic carbocycles. The van der Waals surface area contributed by atoms with Gasteiger partial charge in [0.2, 0.25) is 0 Å². The van der Waals surface area contributed by atoms with Crippen molar-refractivity contribution >= 4 is 44.9 Å². The molecule has 0 fully saturated rings. The lowest BCUT2D eigenvalue weighted by Gasteiger charge is -2.54. The molecule has 4 heterocycles. The van der Waals surface area contributed by atoms with Gasteiger partial charge in [-0.25, -0.2) is 0 Å². The van der Waals surface area contributed by atoms with E-state index in [0.717, 1.165) is 29.4 Å². The molecule has 5 aliphatic rings. The quantitative estimate of drug-likeness (QED) is 0.163. The van der Waals surface area contributed by atoms with Gasteiger partial charge in [-0.3, -0.25) is 0 Å². The minimum atomic E-state index is -0.258. The predicted molar refractivity (Wildman–Crippen MR) is 212 cm³/mol. The Labute approximate surface area is 302 Å². The van der Waals surface area contributed by atoms with Crippen LogP contribution >= 0.6 is 0 Å². The zero-order valence-corrected chi connectivity index (χ0v) is 31.5. The van der Waals surface area contributed by atoms with Gasteiger partial charge in [-0.1, -0.05) is 97.0 Å². The number of hydrogen-bond acceptors (Lipinski definition) is 2. The zero-order valence-electron chi connectivity index (χ0n) is 31.5. The van der Waals surface area contributed by atoms with Gasteiger partial charge < -0.3 is 14.0 Å². The van der Waals surface area contributed by atoms with Crippen LogP contribution in [-0.2, 0) is 21.7 Å². The van der Waals surface area contributed by atoms with Crippen molar-refractivity contribution in [1.82, 2.24) is 4.57 Å². The van der Waals surface area contributed by atoms with E-state index in [2.05, 4.69) is 134 Å². The molecular formula is C47H46BNO2. The number of nitrogens with zero attached hydrogens (tertiary/aromatic N) is 1. The minimum Gasteiger partial charge on any atom is -0.458 e. The van der Waals surface area contributed by atoms with Crippen LogP contribution in [0.1, 0.15) is 113 Å². The topological polar surface area (TPSA) is 23.4 Å². The summed E-state index contributed by atoms with van der Waals surface area (Å²) in [4.78, 5) is 0. The van der Waals surface area contributed by atoms with Crippen LogP contribution in [0, 0.1) is 13.8 Å². The van der Waals surface area contributed by atoms with Gasteiger partial charge in [0.1, 0.15) is 23.0 Å². The summed E-state index contributed by atoms with van der Waals surface area (Å²) in [5.41, 5.74) is 17.2. The summed E-state index contributed by atoms with van der Waals surface area (Å²) in [6.07, 6.45) is 4.72. The second-order valence-corrected chi connectivity index (χ2v) is 18.7. The molecule has 0 saturated carbocycles. The molecule has 0 radical (unpaired) electrons. The zero-order chi connectivity index (χ0) is 35.1. The van der Waals surface area contributed by atoms with E-state index in [-0.39, 0.29) is 28.4 Å². The Morgan fingerprint density at radius 3 is 1.73 bits per heavy atom. The minimum absolute atomic E-state index is 0.00362. The number of para-hydroxylation sites is 2. The molecule has 11 rings (SSSR count). The summed E-state index contributed by atoms with van der Waals surface area (Å²) in [6.45, 7) is 21.7. The highest BCUT2D eigenvalue weighted by Gasteiger charge is 2.57. The van der Waals surface area contributed by atoms with Crippen molar-refractivity contribution in [3.63, 3.8) is 0 Å². The van der Waals surface area contributed by atoms with Gasteiger partial charge in [0.25, 0.3) is 6.71 Å². The lowest BCUT2D eigenvalue weighted by molar-refractivity contribution is 0.233. The highest BCUT2D eigenvalue weighted by atomic mass is 16.5. The Hall–Kier alpha value is -4.44. The monoisotopic (exact) mass is 667 g/mol. The molecule has 3 nitrogen and oxygen atoms in total. The molecule has 0 spiro atoms. The molecule has 6 aromatic rings. The molecule has 254 valence electrons. The standard InChI is InChI=1S/C47H46BNO2/c1-25-13-10-15-28-29-16-11-14-26(2)41(29)49(40(25)28)27-23-31-38-33(24-27)51-43-36-34-35(44(3,4)19-21-47(34,9)22-20-45(36,5)6)42-39(43)48(38)37-30(46(31,7)8)17-12-18-32(37)50-42/h10-18,23-24H,19-22H2,1-9H3. The third kappa shape index (κ3) is 3.48. The summed E-state index contributed by atoms with van der Waals surface area (Å²) < 4.78 is 17.4. The van der Waals surface area contributed by atoms with E-state index in [1.54, 1.807) is 0 Å². The first-order chi connectivity index (χ1) is 24.2. The van der Waals surface area contributed by atoms with Gasteiger partial charge in [0.15, 0.2) is 0 Å². The van der Waals surface area contributed by atoms with Crippen molar-refractivity contribution < 1.29 is 9.47 Å². The lowest BCUT2D eigenvalue weighted by Crippen LogP contribution is -2.65. The number of ether oxygens (including phenoxy) is 2. The van der Waals surface area contributed by atoms with Gasteiger partial charge in [-0.15, -0.1) is 0 Å². The molecular weight excluding hydrogens is 621 g/mol. The van der Waals surface area contributed by atoms with Crippen molar-refractivity contribution in [2.45, 2.75) is 110 Å². The third-order valence-electron chi connectivity index (χ3n) is 14.3.